The van der Waals surface area contributed by atoms with Gasteiger partial charge in [0.05, 0.1) is 0 Å². The molecule has 1 N–H and O–H groups in total. The highest BCUT2D eigenvalue weighted by Gasteiger charge is 2.22. The first kappa shape index (κ1) is 13.1. The van der Waals surface area contributed by atoms with Gasteiger partial charge in [0, 0.05) is 25.1 Å². The van der Waals surface area contributed by atoms with Gasteiger partial charge in [0.25, 0.3) is 0 Å². The molecule has 2 aromatic carbocycles. The third-order valence-electron chi connectivity index (χ3n) is 3.60. The fourth-order valence-corrected chi connectivity index (χ4v) is 2.57. The van der Waals surface area contributed by atoms with E-state index in [9.17, 15) is 4.39 Å². The molecule has 0 bridgehead atoms. The van der Waals surface area contributed by atoms with Gasteiger partial charge in [-0.15, -0.1) is 0 Å². The van der Waals surface area contributed by atoms with E-state index in [0.29, 0.717) is 12.1 Å². The summed E-state index contributed by atoms with van der Waals surface area (Å²) in [4.78, 5) is 0. The predicted molar refractivity (Wildman–Crippen MR) is 77.4 cm³/mol. The number of benzene rings is 2. The molecule has 0 aliphatic carbocycles. The lowest BCUT2D eigenvalue weighted by atomic mass is 10.1. The molecule has 2 aromatic rings. The largest absolute Gasteiger partial charge is 0.488 e. The van der Waals surface area contributed by atoms with Crippen molar-refractivity contribution in [2.45, 2.75) is 26.0 Å². The number of ether oxygens (including phenoxy) is 1. The molecule has 2 nitrogen and oxygen atoms in total. The molecule has 104 valence electrons. The van der Waals surface area contributed by atoms with E-state index in [0.717, 1.165) is 18.7 Å². The van der Waals surface area contributed by atoms with E-state index in [2.05, 4.69) is 24.4 Å². The molecule has 20 heavy (non-hydrogen) atoms. The number of fused-ring (bicyclic) bond motifs is 1. The van der Waals surface area contributed by atoms with Crippen LogP contribution < -0.4 is 10.1 Å². The highest BCUT2D eigenvalue weighted by molar-refractivity contribution is 5.40. The van der Waals surface area contributed by atoms with Gasteiger partial charge < -0.3 is 10.1 Å². The lowest BCUT2D eigenvalue weighted by molar-refractivity contribution is 0.227. The van der Waals surface area contributed by atoms with Crippen molar-refractivity contribution >= 4 is 0 Å². The fourth-order valence-electron chi connectivity index (χ4n) is 2.57. The second-order valence-corrected chi connectivity index (χ2v) is 5.28. The summed E-state index contributed by atoms with van der Waals surface area (Å²) < 4.78 is 19.4. The molecule has 0 saturated carbocycles. The maximum Gasteiger partial charge on any atom is 0.127 e. The maximum atomic E-state index is 13.5. The predicted octanol–water partition coefficient (Wildman–Crippen LogP) is 3.23. The lowest BCUT2D eigenvalue weighted by Crippen LogP contribution is -2.29. The van der Waals surface area contributed by atoms with Gasteiger partial charge in [-0.2, -0.15) is 0 Å². The zero-order valence-corrected chi connectivity index (χ0v) is 11.5. The van der Waals surface area contributed by atoms with Gasteiger partial charge in [0.2, 0.25) is 0 Å². The highest BCUT2D eigenvalue weighted by Crippen LogP contribution is 2.29. The van der Waals surface area contributed by atoms with Crippen LogP contribution in [-0.2, 0) is 13.0 Å². The van der Waals surface area contributed by atoms with Crippen molar-refractivity contribution in [2.75, 3.05) is 6.54 Å². The molecule has 0 amide bonds. The first-order valence-corrected chi connectivity index (χ1v) is 6.92. The number of rotatable bonds is 4. The first-order chi connectivity index (χ1) is 9.72. The van der Waals surface area contributed by atoms with Gasteiger partial charge in [-0.05, 0) is 24.6 Å². The molecule has 3 heteroatoms. The van der Waals surface area contributed by atoms with E-state index in [4.69, 9.17) is 4.74 Å². The van der Waals surface area contributed by atoms with Crippen LogP contribution in [-0.4, -0.2) is 12.6 Å². The van der Waals surface area contributed by atoms with Crippen molar-refractivity contribution in [1.82, 2.24) is 5.32 Å². The Morgan fingerprint density at radius 3 is 2.95 bits per heavy atom. The third kappa shape index (κ3) is 2.83. The molecule has 0 radical (unpaired) electrons. The highest BCUT2D eigenvalue weighted by atomic mass is 19.1. The van der Waals surface area contributed by atoms with E-state index in [1.165, 1.54) is 17.2 Å². The molecule has 1 heterocycles. The van der Waals surface area contributed by atoms with Gasteiger partial charge >= 0.3 is 0 Å². The summed E-state index contributed by atoms with van der Waals surface area (Å²) in [6.45, 7) is 3.34. The summed E-state index contributed by atoms with van der Waals surface area (Å²) in [6.07, 6.45) is 1.06. The minimum atomic E-state index is -0.161. The number of hydrogen-bond acceptors (Lipinski definition) is 2. The second kappa shape index (κ2) is 5.63. The Kier molecular flexibility index (Phi) is 3.70. The molecule has 3 rings (SSSR count). The monoisotopic (exact) mass is 271 g/mol. The van der Waals surface area contributed by atoms with Crippen LogP contribution in [0.25, 0.3) is 0 Å². The molecule has 1 unspecified atom stereocenters. The molecular weight excluding hydrogens is 253 g/mol. The quantitative estimate of drug-likeness (QED) is 0.922. The summed E-state index contributed by atoms with van der Waals surface area (Å²) in [7, 11) is 0. The van der Waals surface area contributed by atoms with Crippen molar-refractivity contribution in [3.63, 3.8) is 0 Å². The standard InChI is InChI=1S/C17H18FNO/c1-12-6-7-17-14(8-12)9-15(20-17)11-19-10-13-4-2-3-5-16(13)18/h2-8,15,19H,9-11H2,1H3. The van der Waals surface area contributed by atoms with Crippen LogP contribution in [0.4, 0.5) is 4.39 Å². The van der Waals surface area contributed by atoms with E-state index >= 15 is 0 Å². The zero-order chi connectivity index (χ0) is 13.9. The van der Waals surface area contributed by atoms with Crippen LogP contribution >= 0.6 is 0 Å². The number of aryl methyl sites for hydroxylation is 1. The molecule has 0 aromatic heterocycles. The molecule has 1 aliphatic heterocycles. The van der Waals surface area contributed by atoms with Crippen molar-refractivity contribution < 1.29 is 9.13 Å². The van der Waals surface area contributed by atoms with Crippen LogP contribution in [0.3, 0.4) is 0 Å². The average Bonchev–Trinajstić information content (AvgIpc) is 2.83. The summed E-state index contributed by atoms with van der Waals surface area (Å²) in [5.74, 6) is 0.819. The number of nitrogens with one attached hydrogen (secondary N) is 1. The van der Waals surface area contributed by atoms with Gasteiger partial charge in [0.15, 0.2) is 0 Å². The smallest absolute Gasteiger partial charge is 0.127 e. The van der Waals surface area contributed by atoms with Crippen molar-refractivity contribution in [2.24, 2.45) is 0 Å². The molecule has 1 atom stereocenters. The minimum Gasteiger partial charge on any atom is -0.488 e. The maximum absolute atomic E-state index is 13.5. The molecule has 0 spiro atoms. The second-order valence-electron chi connectivity index (χ2n) is 5.28. The lowest BCUT2D eigenvalue weighted by Gasteiger charge is -2.12. The molecule has 1 aliphatic rings. The first-order valence-electron chi connectivity index (χ1n) is 6.92. The Morgan fingerprint density at radius 2 is 2.10 bits per heavy atom. The van der Waals surface area contributed by atoms with Gasteiger partial charge in [-0.25, -0.2) is 4.39 Å². The van der Waals surface area contributed by atoms with Gasteiger partial charge in [0.1, 0.15) is 17.7 Å². The van der Waals surface area contributed by atoms with Crippen molar-refractivity contribution in [3.05, 3.63) is 65.0 Å². The average molecular weight is 271 g/mol. The van der Waals surface area contributed by atoms with Crippen LogP contribution in [0, 0.1) is 12.7 Å². The summed E-state index contributed by atoms with van der Waals surface area (Å²) >= 11 is 0. The van der Waals surface area contributed by atoms with Crippen LogP contribution in [0.1, 0.15) is 16.7 Å². The SMILES string of the molecule is Cc1ccc2c(c1)CC(CNCc1ccccc1F)O2. The summed E-state index contributed by atoms with van der Waals surface area (Å²) in [6, 6.07) is 13.1. The van der Waals surface area contributed by atoms with Gasteiger partial charge in [-0.1, -0.05) is 35.9 Å². The van der Waals surface area contributed by atoms with E-state index in [1.807, 2.05) is 12.1 Å². The van der Waals surface area contributed by atoms with Crippen LogP contribution in [0.15, 0.2) is 42.5 Å². The van der Waals surface area contributed by atoms with E-state index < -0.39 is 0 Å². The topological polar surface area (TPSA) is 21.3 Å². The van der Waals surface area contributed by atoms with Gasteiger partial charge in [-0.3, -0.25) is 0 Å². The Balaban J connectivity index is 1.53. The van der Waals surface area contributed by atoms with E-state index in [-0.39, 0.29) is 11.9 Å². The summed E-state index contributed by atoms with van der Waals surface area (Å²) in [5.41, 5.74) is 3.22. The number of hydrogen-bond donors (Lipinski definition) is 1. The number of halogens is 1. The summed E-state index contributed by atoms with van der Waals surface area (Å²) in [5, 5.41) is 3.27. The molecular formula is C17H18FNO. The fraction of sp³-hybridized carbons (Fsp3) is 0.294. The Morgan fingerprint density at radius 1 is 1.25 bits per heavy atom. The molecule has 0 fully saturated rings. The van der Waals surface area contributed by atoms with Crippen LogP contribution in [0.5, 0.6) is 5.75 Å². The molecule has 0 saturated heterocycles. The normalized spacial score (nSPS) is 16.8. The Bertz CT molecular complexity index is 612. The van der Waals surface area contributed by atoms with E-state index in [1.54, 1.807) is 12.1 Å². The van der Waals surface area contributed by atoms with Crippen LogP contribution in [0.2, 0.25) is 0 Å². The minimum absolute atomic E-state index is 0.138. The Labute approximate surface area is 118 Å². The third-order valence-corrected chi connectivity index (χ3v) is 3.60. The zero-order valence-electron chi connectivity index (χ0n) is 11.5. The van der Waals surface area contributed by atoms with Crippen molar-refractivity contribution in [1.29, 1.82) is 0 Å². The van der Waals surface area contributed by atoms with Crippen molar-refractivity contribution in [3.8, 4) is 5.75 Å². The Hall–Kier alpha value is -1.87.